The normalized spacial score (nSPS) is 18.5. The number of ether oxygens (including phenoxy) is 2. The maximum absolute atomic E-state index is 13.4. The Morgan fingerprint density at radius 3 is 2.32 bits per heavy atom. The van der Waals surface area contributed by atoms with E-state index in [1.807, 2.05) is 50.2 Å². The minimum Gasteiger partial charge on any atom is -0.489 e. The van der Waals surface area contributed by atoms with Crippen molar-refractivity contribution in [3.8, 4) is 5.75 Å². The lowest BCUT2D eigenvalue weighted by molar-refractivity contribution is -0.123. The molecule has 0 unspecified atom stereocenters. The van der Waals surface area contributed by atoms with E-state index in [-0.39, 0.29) is 17.9 Å². The molecule has 3 rings (SSSR count). The van der Waals surface area contributed by atoms with Crippen molar-refractivity contribution in [2.75, 3.05) is 12.0 Å². The van der Waals surface area contributed by atoms with Crippen LogP contribution in [0.25, 0.3) is 0 Å². The summed E-state index contributed by atoms with van der Waals surface area (Å²) in [6, 6.07) is 15.1. The predicted molar refractivity (Wildman–Crippen MR) is 122 cm³/mol. The van der Waals surface area contributed by atoms with Gasteiger partial charge in [0.2, 0.25) is 5.91 Å². The third-order valence-electron chi connectivity index (χ3n) is 6.00. The minimum absolute atomic E-state index is 0.00176. The van der Waals surface area contributed by atoms with Crippen molar-refractivity contribution in [3.05, 3.63) is 59.7 Å². The molecule has 0 heterocycles. The number of amides is 1. The van der Waals surface area contributed by atoms with Crippen LogP contribution in [0.1, 0.15) is 62.4 Å². The van der Waals surface area contributed by atoms with Crippen LogP contribution in [0.2, 0.25) is 0 Å². The number of hydrogen-bond donors (Lipinski definition) is 0. The van der Waals surface area contributed by atoms with Crippen molar-refractivity contribution >= 4 is 17.6 Å². The second kappa shape index (κ2) is 10.5. The van der Waals surface area contributed by atoms with Gasteiger partial charge in [-0.25, -0.2) is 4.79 Å². The highest BCUT2D eigenvalue weighted by Crippen LogP contribution is 2.34. The van der Waals surface area contributed by atoms with E-state index in [0.29, 0.717) is 29.5 Å². The average Bonchev–Trinajstić information content (AvgIpc) is 2.78. The lowest BCUT2D eigenvalue weighted by Gasteiger charge is -2.34. The summed E-state index contributed by atoms with van der Waals surface area (Å²) >= 11 is 0. The molecule has 0 radical (unpaired) electrons. The summed E-state index contributed by atoms with van der Waals surface area (Å²) in [5, 5.41) is 0. The molecule has 1 fully saturated rings. The van der Waals surface area contributed by atoms with Crippen molar-refractivity contribution in [1.29, 1.82) is 0 Å². The summed E-state index contributed by atoms with van der Waals surface area (Å²) in [4.78, 5) is 27.8. The Bertz CT molecular complexity index is 886. The van der Waals surface area contributed by atoms with Gasteiger partial charge in [-0.3, -0.25) is 4.79 Å². The highest BCUT2D eigenvalue weighted by molar-refractivity contribution is 6.03. The van der Waals surface area contributed by atoms with Crippen LogP contribution < -0.4 is 9.64 Å². The fraction of sp³-hybridized carbons (Fsp3) is 0.462. The number of benzene rings is 2. The van der Waals surface area contributed by atoms with Gasteiger partial charge in [-0.2, -0.15) is 0 Å². The number of hydrogen-bond acceptors (Lipinski definition) is 4. The van der Waals surface area contributed by atoms with Crippen LogP contribution in [0.3, 0.4) is 0 Å². The first-order chi connectivity index (χ1) is 14.9. The first-order valence-electron chi connectivity index (χ1n) is 11.1. The zero-order valence-corrected chi connectivity index (χ0v) is 19.0. The number of carbonyl (C=O) groups is 2. The van der Waals surface area contributed by atoms with Crippen LogP contribution in [0, 0.1) is 11.8 Å². The third-order valence-corrected chi connectivity index (χ3v) is 6.00. The largest absolute Gasteiger partial charge is 0.489 e. The van der Waals surface area contributed by atoms with Gasteiger partial charge in [0, 0.05) is 12.0 Å². The summed E-state index contributed by atoms with van der Waals surface area (Å²) in [5.74, 6) is 0.845. The first-order valence-corrected chi connectivity index (χ1v) is 11.1. The number of anilines is 1. The molecule has 2 aromatic carbocycles. The fourth-order valence-corrected chi connectivity index (χ4v) is 4.18. The highest BCUT2D eigenvalue weighted by Gasteiger charge is 2.32. The van der Waals surface area contributed by atoms with E-state index < -0.39 is 5.97 Å². The number of carbonyl (C=O) groups excluding carboxylic acids is 2. The van der Waals surface area contributed by atoms with E-state index in [9.17, 15) is 9.59 Å². The lowest BCUT2D eigenvalue weighted by atomic mass is 9.82. The SMILES string of the molecule is COC(=O)c1cc(OCc2ccccc2)ccc1N(C(=O)C1CCC(C)CC1)C(C)C. The Kier molecular flexibility index (Phi) is 7.72. The highest BCUT2D eigenvalue weighted by atomic mass is 16.5. The van der Waals surface area contributed by atoms with Gasteiger partial charge in [-0.1, -0.05) is 37.3 Å². The van der Waals surface area contributed by atoms with Crippen molar-refractivity contribution in [3.63, 3.8) is 0 Å². The van der Waals surface area contributed by atoms with Gasteiger partial charge in [0.05, 0.1) is 18.4 Å². The Labute approximate surface area is 185 Å². The molecular formula is C26H33NO4. The Hall–Kier alpha value is -2.82. The smallest absolute Gasteiger partial charge is 0.340 e. The molecule has 0 aromatic heterocycles. The summed E-state index contributed by atoms with van der Waals surface area (Å²) in [6.07, 6.45) is 3.93. The van der Waals surface area contributed by atoms with Crippen molar-refractivity contribution in [2.24, 2.45) is 11.8 Å². The van der Waals surface area contributed by atoms with Gasteiger partial charge < -0.3 is 14.4 Å². The van der Waals surface area contributed by atoms with Crippen LogP contribution >= 0.6 is 0 Å². The molecule has 0 aliphatic heterocycles. The van der Waals surface area contributed by atoms with E-state index in [1.165, 1.54) is 7.11 Å². The van der Waals surface area contributed by atoms with Crippen molar-refractivity contribution in [2.45, 2.75) is 59.1 Å². The molecule has 0 bridgehead atoms. The van der Waals surface area contributed by atoms with Crippen LogP contribution in [0.5, 0.6) is 5.75 Å². The molecule has 5 nitrogen and oxygen atoms in total. The molecule has 2 aromatic rings. The third kappa shape index (κ3) is 5.66. The molecule has 5 heteroatoms. The number of esters is 1. The lowest BCUT2D eigenvalue weighted by Crippen LogP contribution is -2.43. The summed E-state index contributed by atoms with van der Waals surface area (Å²) < 4.78 is 10.9. The predicted octanol–water partition coefficient (Wildman–Crippen LogP) is 5.62. The summed E-state index contributed by atoms with van der Waals surface area (Å²) in [7, 11) is 1.35. The summed E-state index contributed by atoms with van der Waals surface area (Å²) in [5.41, 5.74) is 1.97. The maximum Gasteiger partial charge on any atom is 0.340 e. The molecule has 166 valence electrons. The Morgan fingerprint density at radius 2 is 1.71 bits per heavy atom. The quantitative estimate of drug-likeness (QED) is 0.543. The molecule has 1 saturated carbocycles. The minimum atomic E-state index is -0.476. The zero-order chi connectivity index (χ0) is 22.4. The van der Waals surface area contributed by atoms with Gasteiger partial charge in [0.25, 0.3) is 0 Å². The van der Waals surface area contributed by atoms with E-state index >= 15 is 0 Å². The standard InChI is InChI=1S/C26H33NO4/c1-18(2)27(25(28)21-12-10-19(3)11-13-21)24-15-14-22(16-23(24)26(29)30-4)31-17-20-8-6-5-7-9-20/h5-9,14-16,18-19,21H,10-13,17H2,1-4H3. The van der Waals surface area contributed by atoms with Crippen LogP contribution in [-0.2, 0) is 16.1 Å². The number of rotatable bonds is 7. The Balaban J connectivity index is 1.87. The molecule has 0 saturated heterocycles. The van der Waals surface area contributed by atoms with Crippen LogP contribution in [-0.4, -0.2) is 25.0 Å². The zero-order valence-electron chi connectivity index (χ0n) is 19.0. The van der Waals surface area contributed by atoms with Crippen molar-refractivity contribution < 1.29 is 19.1 Å². The summed E-state index contributed by atoms with van der Waals surface area (Å²) in [6.45, 7) is 6.59. The monoisotopic (exact) mass is 423 g/mol. The van der Waals surface area contributed by atoms with Crippen LogP contribution in [0.15, 0.2) is 48.5 Å². The molecule has 1 aliphatic rings. The van der Waals surface area contributed by atoms with Gasteiger partial charge in [0.15, 0.2) is 0 Å². The van der Waals surface area contributed by atoms with E-state index in [2.05, 4.69) is 6.92 Å². The fourth-order valence-electron chi connectivity index (χ4n) is 4.18. The topological polar surface area (TPSA) is 55.8 Å². The van der Waals surface area contributed by atoms with Gasteiger partial charge >= 0.3 is 5.97 Å². The molecule has 31 heavy (non-hydrogen) atoms. The van der Waals surface area contributed by atoms with E-state index in [0.717, 1.165) is 31.2 Å². The van der Waals surface area contributed by atoms with E-state index in [1.54, 1.807) is 17.0 Å². The van der Waals surface area contributed by atoms with Crippen LogP contribution in [0.4, 0.5) is 5.69 Å². The molecule has 0 atom stereocenters. The first kappa shape index (κ1) is 22.9. The average molecular weight is 424 g/mol. The molecule has 1 amide bonds. The maximum atomic E-state index is 13.4. The van der Waals surface area contributed by atoms with Crippen molar-refractivity contribution in [1.82, 2.24) is 0 Å². The second-order valence-electron chi connectivity index (χ2n) is 8.70. The molecule has 1 aliphatic carbocycles. The van der Waals surface area contributed by atoms with Gasteiger partial charge in [-0.15, -0.1) is 0 Å². The Morgan fingerprint density at radius 1 is 1.03 bits per heavy atom. The molecule has 0 N–H and O–H groups in total. The van der Waals surface area contributed by atoms with Gasteiger partial charge in [-0.05, 0) is 69.2 Å². The molecule has 0 spiro atoms. The van der Waals surface area contributed by atoms with Gasteiger partial charge in [0.1, 0.15) is 12.4 Å². The van der Waals surface area contributed by atoms with E-state index in [4.69, 9.17) is 9.47 Å². The number of methoxy groups -OCH3 is 1. The number of nitrogens with zero attached hydrogens (tertiary/aromatic N) is 1. The molecular weight excluding hydrogens is 390 g/mol. The second-order valence-corrected chi connectivity index (χ2v) is 8.70.